The summed E-state index contributed by atoms with van der Waals surface area (Å²) in [6.07, 6.45) is 1.12. The number of carbonyl (C=O) groups is 2. The first kappa shape index (κ1) is 16.9. The van der Waals surface area contributed by atoms with E-state index in [2.05, 4.69) is 10.0 Å². The topological polar surface area (TPSA) is 139 Å². The lowest BCUT2D eigenvalue weighted by atomic mass is 10.2. The van der Waals surface area contributed by atoms with Crippen LogP contribution in [0.4, 0.5) is 11.4 Å². The zero-order valence-electron chi connectivity index (χ0n) is 11.2. The fourth-order valence-corrected chi connectivity index (χ4v) is 2.07. The second kappa shape index (κ2) is 7.60. The van der Waals surface area contributed by atoms with Crippen LogP contribution in [0.25, 0.3) is 0 Å². The van der Waals surface area contributed by atoms with E-state index in [9.17, 15) is 18.0 Å². The van der Waals surface area contributed by atoms with Crippen molar-refractivity contribution in [1.82, 2.24) is 0 Å². The minimum absolute atomic E-state index is 0.0288. The number of carboxylic acids is 1. The quantitative estimate of drug-likeness (QED) is 0.527. The third-order valence-corrected chi connectivity index (χ3v) is 2.97. The maximum Gasteiger partial charge on any atom is 0.303 e. The van der Waals surface area contributed by atoms with Crippen LogP contribution in [0.3, 0.4) is 0 Å². The maximum atomic E-state index is 11.6. The van der Waals surface area contributed by atoms with E-state index in [0.717, 1.165) is 0 Å². The van der Waals surface area contributed by atoms with E-state index in [4.69, 9.17) is 10.2 Å². The molecule has 0 fully saturated rings. The average Bonchev–Trinajstić information content (AvgIpc) is 2.32. The van der Waals surface area contributed by atoms with Crippen LogP contribution in [0.2, 0.25) is 0 Å². The molecule has 0 aliphatic rings. The lowest BCUT2D eigenvalue weighted by molar-refractivity contribution is -0.137. The van der Waals surface area contributed by atoms with Gasteiger partial charge in [0.1, 0.15) is 0 Å². The first-order chi connectivity index (χ1) is 9.76. The normalized spacial score (nSPS) is 10.9. The molecule has 1 aromatic carbocycles. The molecule has 0 aliphatic carbocycles. The zero-order valence-corrected chi connectivity index (χ0v) is 12.0. The van der Waals surface area contributed by atoms with Gasteiger partial charge in [0, 0.05) is 18.5 Å². The van der Waals surface area contributed by atoms with Crippen LogP contribution < -0.4 is 15.2 Å². The minimum Gasteiger partial charge on any atom is -0.481 e. The number of anilines is 2. The number of carbonyl (C=O) groups excluding carboxylic acids is 1. The summed E-state index contributed by atoms with van der Waals surface area (Å²) in [5.74, 6) is -1.16. The summed E-state index contributed by atoms with van der Waals surface area (Å²) >= 11 is 0. The molecule has 1 rings (SSSR count). The fourth-order valence-electron chi connectivity index (χ4n) is 1.61. The van der Waals surface area contributed by atoms with Crippen molar-refractivity contribution in [3.05, 3.63) is 24.3 Å². The van der Waals surface area contributed by atoms with Crippen LogP contribution in [0.15, 0.2) is 24.3 Å². The largest absolute Gasteiger partial charge is 0.481 e. The van der Waals surface area contributed by atoms with Gasteiger partial charge in [-0.05, 0) is 31.0 Å². The van der Waals surface area contributed by atoms with Crippen molar-refractivity contribution in [1.29, 1.82) is 0 Å². The van der Waals surface area contributed by atoms with Crippen LogP contribution in [-0.2, 0) is 19.8 Å². The molecule has 1 aromatic rings. The number of nitrogens with two attached hydrogens (primary N) is 1. The molecule has 0 aliphatic heterocycles. The predicted octanol–water partition coefficient (Wildman–Crippen LogP) is 0.885. The molecule has 5 N–H and O–H groups in total. The fraction of sp³-hybridized carbons (Fsp3) is 0.333. The molecule has 0 bridgehead atoms. The summed E-state index contributed by atoms with van der Waals surface area (Å²) in [5, 5.41) is 15.9. The van der Waals surface area contributed by atoms with Gasteiger partial charge >= 0.3 is 5.97 Å². The third-order valence-electron chi connectivity index (χ3n) is 2.45. The van der Waals surface area contributed by atoms with Crippen molar-refractivity contribution < 1.29 is 23.1 Å². The van der Waals surface area contributed by atoms with Gasteiger partial charge in [0.25, 0.3) is 10.2 Å². The van der Waals surface area contributed by atoms with E-state index in [1.54, 1.807) is 12.1 Å². The van der Waals surface area contributed by atoms with Crippen molar-refractivity contribution in [2.45, 2.75) is 25.7 Å². The predicted molar refractivity (Wildman–Crippen MR) is 77.9 cm³/mol. The highest BCUT2D eigenvalue weighted by Crippen LogP contribution is 2.16. The summed E-state index contributed by atoms with van der Waals surface area (Å²) < 4.78 is 23.9. The van der Waals surface area contributed by atoms with E-state index in [1.807, 2.05) is 0 Å². The summed E-state index contributed by atoms with van der Waals surface area (Å²) in [7, 11) is -3.87. The molecular weight excluding hydrogens is 298 g/mol. The van der Waals surface area contributed by atoms with Crippen molar-refractivity contribution in [2.24, 2.45) is 5.14 Å². The van der Waals surface area contributed by atoms with Gasteiger partial charge in [-0.1, -0.05) is 6.07 Å². The standard InChI is InChI=1S/C12H17N3O5S/c13-21(19,20)15-10-5-3-4-9(8-10)14-11(16)6-1-2-7-12(17)18/h3-5,8,15H,1-2,6-7H2,(H,14,16)(H,17,18)(H2,13,19,20). The number of carboxylic acid groups (broad SMARTS) is 1. The smallest absolute Gasteiger partial charge is 0.303 e. The maximum absolute atomic E-state index is 11.6. The van der Waals surface area contributed by atoms with Gasteiger partial charge in [-0.3, -0.25) is 14.3 Å². The van der Waals surface area contributed by atoms with E-state index in [-0.39, 0.29) is 24.4 Å². The Morgan fingerprint density at radius 3 is 2.38 bits per heavy atom. The number of amides is 1. The number of benzene rings is 1. The molecule has 0 saturated carbocycles. The molecule has 0 radical (unpaired) electrons. The highest BCUT2D eigenvalue weighted by Gasteiger charge is 2.06. The first-order valence-electron chi connectivity index (χ1n) is 6.18. The monoisotopic (exact) mass is 315 g/mol. The number of unbranched alkanes of at least 4 members (excludes halogenated alkanes) is 1. The SMILES string of the molecule is NS(=O)(=O)Nc1cccc(NC(=O)CCCCC(=O)O)c1. The zero-order chi connectivity index (χ0) is 15.9. The highest BCUT2D eigenvalue weighted by atomic mass is 32.2. The summed E-state index contributed by atoms with van der Waals surface area (Å²) in [6.45, 7) is 0. The Labute approximate surface area is 122 Å². The van der Waals surface area contributed by atoms with Gasteiger partial charge in [0.05, 0.1) is 5.69 Å². The summed E-state index contributed by atoms with van der Waals surface area (Å²) in [6, 6.07) is 6.09. The molecule has 116 valence electrons. The van der Waals surface area contributed by atoms with Crippen LogP contribution in [0.1, 0.15) is 25.7 Å². The van der Waals surface area contributed by atoms with Crippen LogP contribution in [0, 0.1) is 0 Å². The minimum atomic E-state index is -3.87. The summed E-state index contributed by atoms with van der Waals surface area (Å²) in [5.41, 5.74) is 0.660. The number of rotatable bonds is 8. The second-order valence-electron chi connectivity index (χ2n) is 4.38. The van der Waals surface area contributed by atoms with Gasteiger partial charge in [-0.2, -0.15) is 8.42 Å². The van der Waals surface area contributed by atoms with Crippen molar-refractivity contribution >= 4 is 33.5 Å². The lowest BCUT2D eigenvalue weighted by Crippen LogP contribution is -2.21. The number of nitrogens with one attached hydrogen (secondary N) is 2. The molecule has 21 heavy (non-hydrogen) atoms. The number of hydrogen-bond donors (Lipinski definition) is 4. The van der Waals surface area contributed by atoms with Gasteiger partial charge in [-0.15, -0.1) is 0 Å². The molecule has 0 atom stereocenters. The van der Waals surface area contributed by atoms with Crippen LogP contribution >= 0.6 is 0 Å². The van der Waals surface area contributed by atoms with Crippen LogP contribution in [0.5, 0.6) is 0 Å². The average molecular weight is 315 g/mol. The second-order valence-corrected chi connectivity index (χ2v) is 5.67. The third kappa shape index (κ3) is 7.90. The Bertz CT molecular complexity index is 615. The molecule has 0 unspecified atom stereocenters. The van der Waals surface area contributed by atoms with E-state index < -0.39 is 16.2 Å². The van der Waals surface area contributed by atoms with Crippen LogP contribution in [-0.4, -0.2) is 25.4 Å². The molecule has 0 heterocycles. The molecule has 1 amide bonds. The van der Waals surface area contributed by atoms with Gasteiger partial charge in [0.2, 0.25) is 5.91 Å². The summed E-state index contributed by atoms with van der Waals surface area (Å²) in [4.78, 5) is 22.0. The number of hydrogen-bond acceptors (Lipinski definition) is 4. The van der Waals surface area contributed by atoms with Gasteiger partial charge in [-0.25, -0.2) is 5.14 Å². The van der Waals surface area contributed by atoms with Gasteiger partial charge < -0.3 is 10.4 Å². The van der Waals surface area contributed by atoms with Gasteiger partial charge in [0.15, 0.2) is 0 Å². The Kier molecular flexibility index (Phi) is 6.12. The molecular formula is C12H17N3O5S. The molecule has 0 spiro atoms. The van der Waals surface area contributed by atoms with E-state index in [1.165, 1.54) is 12.1 Å². The molecule has 8 nitrogen and oxygen atoms in total. The lowest BCUT2D eigenvalue weighted by Gasteiger charge is -2.08. The Morgan fingerprint density at radius 2 is 1.76 bits per heavy atom. The van der Waals surface area contributed by atoms with Crippen molar-refractivity contribution in [3.63, 3.8) is 0 Å². The first-order valence-corrected chi connectivity index (χ1v) is 7.73. The number of aliphatic carboxylic acids is 1. The van der Waals surface area contributed by atoms with E-state index >= 15 is 0 Å². The highest BCUT2D eigenvalue weighted by molar-refractivity contribution is 7.90. The van der Waals surface area contributed by atoms with Crippen molar-refractivity contribution in [3.8, 4) is 0 Å². The molecule has 0 aromatic heterocycles. The Morgan fingerprint density at radius 1 is 1.14 bits per heavy atom. The Balaban J connectivity index is 2.49. The molecule has 0 saturated heterocycles. The molecule has 9 heteroatoms. The van der Waals surface area contributed by atoms with E-state index in [0.29, 0.717) is 18.5 Å². The van der Waals surface area contributed by atoms with Crippen molar-refractivity contribution in [2.75, 3.05) is 10.0 Å². The Hall–Kier alpha value is -2.13.